The number of hydrogen-bond acceptors (Lipinski definition) is 6. The minimum Gasteiger partial charge on any atom is -0.462 e. The van der Waals surface area contributed by atoms with Crippen molar-refractivity contribution in [2.24, 2.45) is 35.3 Å². The van der Waals surface area contributed by atoms with E-state index in [1.54, 1.807) is 0 Å². The van der Waals surface area contributed by atoms with Gasteiger partial charge in [0.1, 0.15) is 12.2 Å². The Bertz CT molecular complexity index is 743. The normalized spacial score (nSPS) is 36.5. The van der Waals surface area contributed by atoms with E-state index in [4.69, 9.17) is 15.2 Å². The van der Waals surface area contributed by atoms with Crippen molar-refractivity contribution in [1.29, 1.82) is 0 Å². The van der Waals surface area contributed by atoms with Crippen molar-refractivity contribution in [1.82, 2.24) is 0 Å². The molecule has 0 amide bonds. The number of fused-ring (bicyclic) bond motifs is 1. The Morgan fingerprint density at radius 3 is 2.58 bits per heavy atom. The molecule has 0 aromatic carbocycles. The third kappa shape index (κ3) is 7.41. The molecule has 1 saturated carbocycles. The van der Waals surface area contributed by atoms with Gasteiger partial charge in [0.15, 0.2) is 0 Å². The largest absolute Gasteiger partial charge is 0.462 e. The van der Waals surface area contributed by atoms with Gasteiger partial charge in [-0.2, -0.15) is 0 Å². The summed E-state index contributed by atoms with van der Waals surface area (Å²) in [4.78, 5) is 24.2. The molecule has 4 rings (SSSR count). The molecule has 0 radical (unpaired) electrons. The number of ether oxygens (including phenoxy) is 2. The Morgan fingerprint density at radius 2 is 1.97 bits per heavy atom. The maximum absolute atomic E-state index is 12.5. The van der Waals surface area contributed by atoms with Crippen molar-refractivity contribution in [3.63, 3.8) is 0 Å². The van der Waals surface area contributed by atoms with E-state index in [0.717, 1.165) is 25.7 Å². The molecule has 8 atom stereocenters. The van der Waals surface area contributed by atoms with E-state index in [2.05, 4.69) is 32.1 Å². The first-order valence-electron chi connectivity index (χ1n) is 12.9. The quantitative estimate of drug-likeness (QED) is 0.572. The molecule has 186 valence electrons. The molecule has 0 bridgehead atoms. The Labute approximate surface area is 199 Å². The molecule has 3 N–H and O–H groups in total. The second-order valence-electron chi connectivity index (χ2n) is 10.7. The van der Waals surface area contributed by atoms with Gasteiger partial charge < -0.3 is 20.3 Å². The molecule has 1 aliphatic heterocycles. The Hall–Kier alpha value is -1.66. The first kappa shape index (κ1) is 26.0. The minimum absolute atomic E-state index is 0.0854. The van der Waals surface area contributed by atoms with Gasteiger partial charge in [0, 0.05) is 18.4 Å². The van der Waals surface area contributed by atoms with Crippen LogP contribution in [-0.2, 0) is 19.1 Å². The van der Waals surface area contributed by atoms with Crippen LogP contribution < -0.4 is 5.73 Å². The zero-order chi connectivity index (χ0) is 24.1. The molecule has 2 fully saturated rings. The van der Waals surface area contributed by atoms with E-state index < -0.39 is 6.10 Å². The lowest BCUT2D eigenvalue weighted by atomic mass is 9.65. The summed E-state index contributed by atoms with van der Waals surface area (Å²) in [5.41, 5.74) is 6.49. The van der Waals surface area contributed by atoms with Gasteiger partial charge >= 0.3 is 11.9 Å². The minimum atomic E-state index is -0.597. The van der Waals surface area contributed by atoms with Gasteiger partial charge in [-0.1, -0.05) is 45.9 Å². The number of esters is 2. The van der Waals surface area contributed by atoms with Crippen LogP contribution in [0.1, 0.15) is 79.1 Å². The molecular weight excluding hydrogens is 418 g/mol. The van der Waals surface area contributed by atoms with Crippen LogP contribution in [0.15, 0.2) is 23.8 Å². The average molecular weight is 462 g/mol. The fourth-order valence-corrected chi connectivity index (χ4v) is 5.17. The molecule has 33 heavy (non-hydrogen) atoms. The van der Waals surface area contributed by atoms with Crippen LogP contribution in [0.4, 0.5) is 0 Å². The fraction of sp³-hybridized carbons (Fsp3) is 0.778. The highest BCUT2D eigenvalue weighted by molar-refractivity contribution is 5.72. The zero-order valence-corrected chi connectivity index (χ0v) is 20.7. The highest BCUT2D eigenvalue weighted by Gasteiger charge is 2.42. The van der Waals surface area contributed by atoms with Crippen LogP contribution in [0.5, 0.6) is 0 Å². The summed E-state index contributed by atoms with van der Waals surface area (Å²) >= 11 is 0. The SMILES string of the molecule is CC[C@H](C)C(=O)O[C@H]1C[C@@H](C)C=C2C=C[C@H](C)[C@H](CC[C@@H]3C[C@@H](O)CC(=O)O3)[C@H]21.NC1CC1. The molecular formula is C27H43NO5. The van der Waals surface area contributed by atoms with E-state index in [0.29, 0.717) is 30.2 Å². The number of aliphatic hydroxyl groups is 1. The number of rotatable bonds is 6. The van der Waals surface area contributed by atoms with Gasteiger partial charge in [0.2, 0.25) is 0 Å². The molecule has 6 nitrogen and oxygen atoms in total. The second kappa shape index (κ2) is 11.7. The molecule has 0 aromatic heterocycles. The van der Waals surface area contributed by atoms with Crippen LogP contribution in [0, 0.1) is 29.6 Å². The fourth-order valence-electron chi connectivity index (χ4n) is 5.17. The van der Waals surface area contributed by atoms with E-state index in [9.17, 15) is 14.7 Å². The molecule has 1 saturated heterocycles. The Balaban J connectivity index is 0.000000690. The summed E-state index contributed by atoms with van der Waals surface area (Å²) in [6.45, 7) is 8.33. The van der Waals surface area contributed by atoms with Crippen LogP contribution in [-0.4, -0.2) is 41.4 Å². The van der Waals surface area contributed by atoms with Gasteiger partial charge in [-0.15, -0.1) is 0 Å². The summed E-state index contributed by atoms with van der Waals surface area (Å²) < 4.78 is 11.5. The first-order valence-corrected chi connectivity index (χ1v) is 12.9. The average Bonchev–Trinajstić information content (AvgIpc) is 3.54. The number of carbonyl (C=O) groups is 2. The maximum atomic E-state index is 12.5. The zero-order valence-electron chi connectivity index (χ0n) is 20.7. The van der Waals surface area contributed by atoms with Crippen molar-refractivity contribution >= 4 is 11.9 Å². The molecule has 0 unspecified atom stereocenters. The van der Waals surface area contributed by atoms with Crippen molar-refractivity contribution in [2.75, 3.05) is 0 Å². The number of cyclic esters (lactones) is 1. The van der Waals surface area contributed by atoms with Crippen LogP contribution in [0.2, 0.25) is 0 Å². The number of carbonyl (C=O) groups excluding carboxylic acids is 2. The number of allylic oxidation sites excluding steroid dienone is 3. The van der Waals surface area contributed by atoms with Gasteiger partial charge in [0.05, 0.1) is 18.4 Å². The number of nitrogens with two attached hydrogens (primary N) is 1. The Morgan fingerprint density at radius 1 is 1.27 bits per heavy atom. The van der Waals surface area contributed by atoms with Crippen molar-refractivity contribution in [2.45, 2.75) is 103 Å². The Kier molecular flexibility index (Phi) is 9.17. The molecule has 6 heteroatoms. The maximum Gasteiger partial charge on any atom is 0.308 e. The summed E-state index contributed by atoms with van der Waals surface area (Å²) in [6, 6.07) is 0.583. The van der Waals surface area contributed by atoms with Gasteiger partial charge in [-0.05, 0) is 61.9 Å². The lowest BCUT2D eigenvalue weighted by Crippen LogP contribution is -2.42. The van der Waals surface area contributed by atoms with Crippen LogP contribution >= 0.6 is 0 Å². The molecule has 4 aliphatic rings. The molecule has 0 aromatic rings. The van der Waals surface area contributed by atoms with E-state index in [1.165, 1.54) is 18.4 Å². The lowest BCUT2D eigenvalue weighted by Gasteiger charge is -2.43. The summed E-state index contributed by atoms with van der Waals surface area (Å²) in [6.07, 6.45) is 12.2. The highest BCUT2D eigenvalue weighted by Crippen LogP contribution is 2.45. The third-order valence-electron chi connectivity index (χ3n) is 7.56. The molecule has 0 spiro atoms. The first-order chi connectivity index (χ1) is 15.7. The highest BCUT2D eigenvalue weighted by atomic mass is 16.5. The second-order valence-corrected chi connectivity index (χ2v) is 10.7. The van der Waals surface area contributed by atoms with E-state index in [1.807, 2.05) is 13.8 Å². The van der Waals surface area contributed by atoms with Crippen LogP contribution in [0.25, 0.3) is 0 Å². The van der Waals surface area contributed by atoms with Crippen LogP contribution in [0.3, 0.4) is 0 Å². The monoisotopic (exact) mass is 461 g/mol. The third-order valence-corrected chi connectivity index (χ3v) is 7.56. The van der Waals surface area contributed by atoms with Crippen molar-refractivity contribution in [3.8, 4) is 0 Å². The lowest BCUT2D eigenvalue weighted by molar-refractivity contribution is -0.162. The smallest absolute Gasteiger partial charge is 0.308 e. The topological polar surface area (TPSA) is 98.8 Å². The van der Waals surface area contributed by atoms with E-state index >= 15 is 0 Å². The predicted molar refractivity (Wildman–Crippen MR) is 128 cm³/mol. The molecule has 1 heterocycles. The van der Waals surface area contributed by atoms with E-state index in [-0.39, 0.29) is 42.4 Å². The predicted octanol–water partition coefficient (Wildman–Crippen LogP) is 4.30. The number of hydrogen-bond donors (Lipinski definition) is 2. The summed E-state index contributed by atoms with van der Waals surface area (Å²) in [5, 5.41) is 9.89. The van der Waals surface area contributed by atoms with Crippen molar-refractivity contribution < 1.29 is 24.2 Å². The van der Waals surface area contributed by atoms with Gasteiger partial charge in [-0.3, -0.25) is 9.59 Å². The number of aliphatic hydroxyl groups excluding tert-OH is 1. The van der Waals surface area contributed by atoms with Crippen molar-refractivity contribution in [3.05, 3.63) is 23.8 Å². The summed E-state index contributed by atoms with van der Waals surface area (Å²) in [7, 11) is 0. The standard InChI is InChI=1S/C24H36O5.C3H7N/c1-5-15(3)24(27)29-21-11-14(2)10-17-7-6-16(4)20(23(17)21)9-8-19-12-18(25)13-22(26)28-19;4-3-1-2-3/h6-7,10,14-16,18-21,23,25H,5,8-9,11-13H2,1-4H3;3H,1-2,4H2/t14-,15-,16-,18+,19+,20-,21-,23-;/m0./s1. The van der Waals surface area contributed by atoms with Gasteiger partial charge in [-0.25, -0.2) is 0 Å². The molecule has 3 aliphatic carbocycles. The summed E-state index contributed by atoms with van der Waals surface area (Å²) in [5.74, 6) is 0.755. The van der Waals surface area contributed by atoms with Gasteiger partial charge in [0.25, 0.3) is 0 Å².